The van der Waals surface area contributed by atoms with Crippen molar-refractivity contribution in [3.05, 3.63) is 0 Å². The molecule has 3 unspecified atom stereocenters. The molecule has 1 fully saturated rings. The van der Waals surface area contributed by atoms with Crippen LogP contribution in [-0.4, -0.2) is 30.3 Å². The van der Waals surface area contributed by atoms with Gasteiger partial charge in [0.1, 0.15) is 0 Å². The van der Waals surface area contributed by atoms with Crippen molar-refractivity contribution >= 4 is 11.6 Å². The van der Waals surface area contributed by atoms with Crippen LogP contribution in [0.3, 0.4) is 0 Å². The maximum atomic E-state index is 5.93. The highest BCUT2D eigenvalue weighted by Crippen LogP contribution is 2.33. The summed E-state index contributed by atoms with van der Waals surface area (Å²) in [6.07, 6.45) is 1.15. The van der Waals surface area contributed by atoms with Crippen LogP contribution < -0.4 is 0 Å². The van der Waals surface area contributed by atoms with Crippen LogP contribution in [0, 0.1) is 0 Å². The summed E-state index contributed by atoms with van der Waals surface area (Å²) in [5.74, 6) is 0. The molecule has 0 bridgehead atoms. The molecule has 12 heavy (non-hydrogen) atoms. The average Bonchev–Trinajstić information content (AvgIpc) is 1.84. The Labute approximate surface area is 79.2 Å². The van der Waals surface area contributed by atoms with Crippen molar-refractivity contribution in [2.24, 2.45) is 0 Å². The van der Waals surface area contributed by atoms with Gasteiger partial charge >= 0.3 is 0 Å². The van der Waals surface area contributed by atoms with Crippen molar-refractivity contribution in [3.63, 3.8) is 0 Å². The van der Waals surface area contributed by atoms with Gasteiger partial charge in [0.15, 0.2) is 0 Å². The van der Waals surface area contributed by atoms with E-state index in [1.165, 1.54) is 0 Å². The van der Waals surface area contributed by atoms with E-state index in [0.29, 0.717) is 0 Å². The Balaban J connectivity index is 2.36. The van der Waals surface area contributed by atoms with Gasteiger partial charge in [-0.1, -0.05) is 0 Å². The second-order valence-corrected chi connectivity index (χ2v) is 4.78. The van der Waals surface area contributed by atoms with Gasteiger partial charge in [0.25, 0.3) is 0 Å². The SMILES string of the molecule is COC1C(Cl)CC1OC(C)(C)C. The van der Waals surface area contributed by atoms with Crippen molar-refractivity contribution in [3.8, 4) is 0 Å². The van der Waals surface area contributed by atoms with E-state index in [1.807, 2.05) is 20.8 Å². The van der Waals surface area contributed by atoms with Crippen LogP contribution >= 0.6 is 11.6 Å². The summed E-state index contributed by atoms with van der Waals surface area (Å²) in [4.78, 5) is 0. The molecule has 0 radical (unpaired) electrons. The maximum Gasteiger partial charge on any atom is 0.0997 e. The number of halogens is 1. The second kappa shape index (κ2) is 3.52. The van der Waals surface area contributed by atoms with Gasteiger partial charge in [-0.25, -0.2) is 0 Å². The molecule has 1 aliphatic rings. The largest absolute Gasteiger partial charge is 0.377 e. The van der Waals surface area contributed by atoms with Crippen molar-refractivity contribution in [2.45, 2.75) is 50.4 Å². The lowest BCUT2D eigenvalue weighted by molar-refractivity contribution is -0.160. The van der Waals surface area contributed by atoms with Gasteiger partial charge in [-0.05, 0) is 27.2 Å². The Morgan fingerprint density at radius 3 is 2.25 bits per heavy atom. The number of hydrogen-bond acceptors (Lipinski definition) is 2. The predicted octanol–water partition coefficient (Wildman–Crippen LogP) is 2.20. The number of methoxy groups -OCH3 is 1. The second-order valence-electron chi connectivity index (χ2n) is 4.22. The topological polar surface area (TPSA) is 18.5 Å². The molecule has 0 saturated heterocycles. The zero-order chi connectivity index (χ0) is 9.35. The molecule has 3 heteroatoms. The first-order valence-electron chi connectivity index (χ1n) is 4.29. The van der Waals surface area contributed by atoms with Crippen LogP contribution in [0.2, 0.25) is 0 Å². The van der Waals surface area contributed by atoms with Gasteiger partial charge in [0, 0.05) is 7.11 Å². The molecule has 0 aliphatic heterocycles. The smallest absolute Gasteiger partial charge is 0.0997 e. The van der Waals surface area contributed by atoms with Gasteiger partial charge in [-0.15, -0.1) is 11.6 Å². The highest BCUT2D eigenvalue weighted by Gasteiger charge is 2.42. The standard InChI is InChI=1S/C9H17ClO2/c1-9(2,3)12-7-5-6(10)8(7)11-4/h6-8H,5H2,1-4H3. The number of alkyl halides is 1. The summed E-state index contributed by atoms with van der Waals surface area (Å²) < 4.78 is 10.9. The lowest BCUT2D eigenvalue weighted by atomic mass is 9.90. The maximum absolute atomic E-state index is 5.93. The minimum Gasteiger partial charge on any atom is -0.377 e. The number of rotatable bonds is 2. The third-order valence-corrected chi connectivity index (χ3v) is 2.38. The minimum atomic E-state index is -0.0987. The van der Waals surface area contributed by atoms with E-state index in [2.05, 4.69) is 0 Å². The van der Waals surface area contributed by atoms with Crippen molar-refractivity contribution in [2.75, 3.05) is 7.11 Å². The fraction of sp³-hybridized carbons (Fsp3) is 1.00. The third kappa shape index (κ3) is 2.35. The van der Waals surface area contributed by atoms with E-state index in [1.54, 1.807) is 7.11 Å². The molecule has 3 atom stereocenters. The highest BCUT2D eigenvalue weighted by atomic mass is 35.5. The van der Waals surface area contributed by atoms with E-state index in [4.69, 9.17) is 21.1 Å². The van der Waals surface area contributed by atoms with Gasteiger partial charge < -0.3 is 9.47 Å². The lowest BCUT2D eigenvalue weighted by Crippen LogP contribution is -2.52. The molecule has 1 aliphatic carbocycles. The van der Waals surface area contributed by atoms with E-state index in [9.17, 15) is 0 Å². The van der Waals surface area contributed by atoms with Crippen LogP contribution in [0.5, 0.6) is 0 Å². The quantitative estimate of drug-likeness (QED) is 0.625. The fourth-order valence-electron chi connectivity index (χ4n) is 1.40. The molecule has 0 heterocycles. The van der Waals surface area contributed by atoms with Gasteiger partial charge in [-0.2, -0.15) is 0 Å². The molecule has 0 aromatic rings. The average molecular weight is 193 g/mol. The molecular weight excluding hydrogens is 176 g/mol. The molecule has 2 nitrogen and oxygen atoms in total. The van der Waals surface area contributed by atoms with Crippen LogP contribution in [0.15, 0.2) is 0 Å². The van der Waals surface area contributed by atoms with Gasteiger partial charge in [0.2, 0.25) is 0 Å². The van der Waals surface area contributed by atoms with Crippen molar-refractivity contribution in [1.82, 2.24) is 0 Å². The Morgan fingerprint density at radius 2 is 1.92 bits per heavy atom. The molecule has 0 amide bonds. The molecule has 1 rings (SSSR count). The van der Waals surface area contributed by atoms with E-state index in [0.717, 1.165) is 6.42 Å². The predicted molar refractivity (Wildman–Crippen MR) is 49.7 cm³/mol. The fourth-order valence-corrected chi connectivity index (χ4v) is 1.84. The van der Waals surface area contributed by atoms with Gasteiger partial charge in [-0.3, -0.25) is 0 Å². The molecule has 0 aromatic heterocycles. The summed E-state index contributed by atoms with van der Waals surface area (Å²) in [5.41, 5.74) is -0.0987. The molecule has 1 saturated carbocycles. The van der Waals surface area contributed by atoms with Crippen LogP contribution in [0.1, 0.15) is 27.2 Å². The zero-order valence-corrected chi connectivity index (χ0v) is 8.89. The molecular formula is C9H17ClO2. The summed E-state index contributed by atoms with van der Waals surface area (Å²) in [5, 5.41) is 0.127. The monoisotopic (exact) mass is 192 g/mol. The third-order valence-electron chi connectivity index (χ3n) is 1.96. The molecule has 72 valence electrons. The molecule has 0 aromatic carbocycles. The Kier molecular flexibility index (Phi) is 3.02. The van der Waals surface area contributed by atoms with Crippen LogP contribution in [-0.2, 0) is 9.47 Å². The minimum absolute atomic E-state index is 0.0749. The van der Waals surface area contributed by atoms with E-state index in [-0.39, 0.29) is 23.2 Å². The molecule has 0 spiro atoms. The first kappa shape index (κ1) is 10.3. The molecule has 0 N–H and O–H groups in total. The van der Waals surface area contributed by atoms with Gasteiger partial charge in [0.05, 0.1) is 23.2 Å². The summed E-state index contributed by atoms with van der Waals surface area (Å²) in [6.45, 7) is 6.13. The van der Waals surface area contributed by atoms with Crippen molar-refractivity contribution < 1.29 is 9.47 Å². The van der Waals surface area contributed by atoms with E-state index >= 15 is 0 Å². The van der Waals surface area contributed by atoms with Crippen LogP contribution in [0.4, 0.5) is 0 Å². The van der Waals surface area contributed by atoms with Crippen molar-refractivity contribution in [1.29, 1.82) is 0 Å². The first-order valence-corrected chi connectivity index (χ1v) is 4.72. The normalized spacial score (nSPS) is 36.2. The summed E-state index contributed by atoms with van der Waals surface area (Å²) in [7, 11) is 1.68. The zero-order valence-electron chi connectivity index (χ0n) is 8.13. The van der Waals surface area contributed by atoms with Crippen LogP contribution in [0.25, 0.3) is 0 Å². The number of hydrogen-bond donors (Lipinski definition) is 0. The summed E-state index contributed by atoms with van der Waals surface area (Å²) >= 11 is 5.93. The Bertz CT molecular complexity index is 153. The summed E-state index contributed by atoms with van der Waals surface area (Å²) in [6, 6.07) is 0. The van der Waals surface area contributed by atoms with E-state index < -0.39 is 0 Å². The highest BCUT2D eigenvalue weighted by molar-refractivity contribution is 6.21. The first-order chi connectivity index (χ1) is 5.44. The lowest BCUT2D eigenvalue weighted by Gasteiger charge is -2.43. The Morgan fingerprint density at radius 1 is 1.33 bits per heavy atom. The Hall–Kier alpha value is 0.210. The number of ether oxygens (including phenoxy) is 2.